The highest BCUT2D eigenvalue weighted by atomic mass is 35.5. The third kappa shape index (κ3) is 2.96. The Hall–Kier alpha value is -2.53. The highest BCUT2D eigenvalue weighted by molar-refractivity contribution is 6.37. The highest BCUT2D eigenvalue weighted by Crippen LogP contribution is 2.42. The van der Waals surface area contributed by atoms with Gasteiger partial charge in [-0.05, 0) is 43.5 Å². The fraction of sp³-hybridized carbons (Fsp3) is 0.286. The van der Waals surface area contributed by atoms with Crippen molar-refractivity contribution < 1.29 is 13.9 Å². The van der Waals surface area contributed by atoms with Gasteiger partial charge < -0.3 is 14.2 Å². The van der Waals surface area contributed by atoms with Gasteiger partial charge in [0.1, 0.15) is 5.82 Å². The fourth-order valence-corrected chi connectivity index (χ4v) is 4.10. The number of halogens is 2. The minimum Gasteiger partial charge on any atom is -0.464 e. The Morgan fingerprint density at radius 2 is 1.78 bits per heavy atom. The van der Waals surface area contributed by atoms with E-state index in [2.05, 4.69) is 4.90 Å². The summed E-state index contributed by atoms with van der Waals surface area (Å²) in [6.07, 6.45) is 3.18. The Balaban J connectivity index is 2.12. The van der Waals surface area contributed by atoms with Crippen LogP contribution < -0.4 is 4.90 Å². The molecule has 27 heavy (non-hydrogen) atoms. The van der Waals surface area contributed by atoms with E-state index in [0.29, 0.717) is 22.3 Å². The van der Waals surface area contributed by atoms with Crippen LogP contribution in [0.25, 0.3) is 16.6 Å². The van der Waals surface area contributed by atoms with Crippen molar-refractivity contribution in [2.75, 3.05) is 25.1 Å². The van der Waals surface area contributed by atoms with Crippen molar-refractivity contribution >= 4 is 34.2 Å². The molecule has 0 bridgehead atoms. The Labute approximate surface area is 162 Å². The van der Waals surface area contributed by atoms with Crippen molar-refractivity contribution in [3.05, 3.63) is 59.0 Å². The van der Waals surface area contributed by atoms with Gasteiger partial charge in [0.15, 0.2) is 5.69 Å². The van der Waals surface area contributed by atoms with Crippen molar-refractivity contribution in [2.24, 2.45) is 0 Å². The van der Waals surface area contributed by atoms with Gasteiger partial charge in [0.25, 0.3) is 0 Å². The molecule has 6 heteroatoms. The number of nitrogens with zero attached hydrogens (tertiary/aromatic N) is 2. The molecule has 0 atom stereocenters. The first-order valence-electron chi connectivity index (χ1n) is 9.04. The van der Waals surface area contributed by atoms with E-state index in [9.17, 15) is 9.18 Å². The molecule has 1 aliphatic heterocycles. The third-order valence-corrected chi connectivity index (χ3v) is 5.43. The summed E-state index contributed by atoms with van der Waals surface area (Å²) in [7, 11) is 1.36. The van der Waals surface area contributed by atoms with Crippen molar-refractivity contribution in [1.29, 1.82) is 0 Å². The first kappa shape index (κ1) is 17.9. The fourth-order valence-electron chi connectivity index (χ4n) is 3.85. The summed E-state index contributed by atoms with van der Waals surface area (Å²) in [6.45, 7) is 1.59. The zero-order chi connectivity index (χ0) is 19.0. The Morgan fingerprint density at radius 1 is 1.07 bits per heavy atom. The largest absolute Gasteiger partial charge is 0.464 e. The Morgan fingerprint density at radius 3 is 2.44 bits per heavy atom. The molecule has 1 aromatic heterocycles. The van der Waals surface area contributed by atoms with Crippen LogP contribution >= 0.6 is 11.6 Å². The van der Waals surface area contributed by atoms with Crippen LogP contribution in [-0.2, 0) is 4.74 Å². The van der Waals surface area contributed by atoms with Crippen LogP contribution in [0, 0.1) is 5.82 Å². The SMILES string of the molecule is COC(=O)c1c(N2CCCCC2)c2c(Cl)c(F)ccc2n1-c1ccccc1. The normalized spacial score (nSPS) is 14.6. The molecule has 0 spiro atoms. The van der Waals surface area contributed by atoms with Crippen LogP contribution in [0.2, 0.25) is 5.02 Å². The number of hydrogen-bond acceptors (Lipinski definition) is 3. The van der Waals surface area contributed by atoms with Gasteiger partial charge in [-0.1, -0.05) is 29.8 Å². The average molecular weight is 387 g/mol. The van der Waals surface area contributed by atoms with Gasteiger partial charge in [-0.15, -0.1) is 0 Å². The number of benzene rings is 2. The Bertz CT molecular complexity index is 995. The first-order chi connectivity index (χ1) is 13.1. The zero-order valence-electron chi connectivity index (χ0n) is 15.0. The molecule has 0 unspecified atom stereocenters. The number of carbonyl (C=O) groups is 1. The minimum absolute atomic E-state index is 0.0351. The van der Waals surface area contributed by atoms with Gasteiger partial charge in [-0.3, -0.25) is 0 Å². The molecule has 1 aliphatic rings. The molecule has 2 aromatic carbocycles. The molecule has 0 amide bonds. The lowest BCUT2D eigenvalue weighted by atomic mass is 10.1. The number of rotatable bonds is 3. The maximum absolute atomic E-state index is 14.3. The first-order valence-corrected chi connectivity index (χ1v) is 9.42. The maximum atomic E-state index is 14.3. The zero-order valence-corrected chi connectivity index (χ0v) is 15.8. The van der Waals surface area contributed by atoms with E-state index < -0.39 is 11.8 Å². The number of aromatic nitrogens is 1. The predicted molar refractivity (Wildman–Crippen MR) is 106 cm³/mol. The molecule has 2 heterocycles. The van der Waals surface area contributed by atoms with Crippen LogP contribution in [0.3, 0.4) is 0 Å². The maximum Gasteiger partial charge on any atom is 0.357 e. The van der Waals surface area contributed by atoms with Gasteiger partial charge >= 0.3 is 5.97 Å². The quantitative estimate of drug-likeness (QED) is 0.580. The smallest absolute Gasteiger partial charge is 0.357 e. The molecule has 3 aromatic rings. The molecule has 0 saturated carbocycles. The van der Waals surface area contributed by atoms with Crippen LogP contribution in [0.15, 0.2) is 42.5 Å². The molecular weight excluding hydrogens is 367 g/mol. The van der Waals surface area contributed by atoms with E-state index in [0.717, 1.165) is 38.0 Å². The number of ether oxygens (including phenoxy) is 1. The summed E-state index contributed by atoms with van der Waals surface area (Å²) in [4.78, 5) is 15.0. The number of piperidine rings is 1. The number of esters is 1. The lowest BCUT2D eigenvalue weighted by Gasteiger charge is -2.29. The van der Waals surface area contributed by atoms with Crippen molar-refractivity contribution in [3.8, 4) is 5.69 Å². The van der Waals surface area contributed by atoms with Gasteiger partial charge in [0.2, 0.25) is 0 Å². The number of methoxy groups -OCH3 is 1. The summed E-state index contributed by atoms with van der Waals surface area (Å²) in [5.41, 5.74) is 2.53. The second-order valence-electron chi connectivity index (χ2n) is 6.66. The molecule has 1 fully saturated rings. The van der Waals surface area contributed by atoms with Crippen LogP contribution in [0.1, 0.15) is 29.8 Å². The van der Waals surface area contributed by atoms with Gasteiger partial charge in [-0.2, -0.15) is 0 Å². The average Bonchev–Trinajstić information content (AvgIpc) is 3.07. The molecule has 0 aliphatic carbocycles. The third-order valence-electron chi connectivity index (χ3n) is 5.06. The van der Waals surface area contributed by atoms with Crippen molar-refractivity contribution in [3.63, 3.8) is 0 Å². The van der Waals surface area contributed by atoms with Gasteiger partial charge in [-0.25, -0.2) is 9.18 Å². The summed E-state index contributed by atoms with van der Waals surface area (Å²) in [6, 6.07) is 12.5. The topological polar surface area (TPSA) is 34.5 Å². The molecule has 1 saturated heterocycles. The lowest BCUT2D eigenvalue weighted by Crippen LogP contribution is -2.31. The van der Waals surface area contributed by atoms with E-state index in [4.69, 9.17) is 16.3 Å². The number of hydrogen-bond donors (Lipinski definition) is 0. The van der Waals surface area contributed by atoms with E-state index in [1.54, 1.807) is 6.07 Å². The molecule has 4 rings (SSSR count). The summed E-state index contributed by atoms with van der Waals surface area (Å²) < 4.78 is 21.3. The van der Waals surface area contributed by atoms with E-state index >= 15 is 0 Å². The highest BCUT2D eigenvalue weighted by Gasteiger charge is 2.30. The van der Waals surface area contributed by atoms with Gasteiger partial charge in [0.05, 0.1) is 23.3 Å². The monoisotopic (exact) mass is 386 g/mol. The summed E-state index contributed by atoms with van der Waals surface area (Å²) >= 11 is 6.40. The van der Waals surface area contributed by atoms with Crippen molar-refractivity contribution in [1.82, 2.24) is 4.57 Å². The predicted octanol–water partition coefficient (Wildman–Crippen LogP) is 5.20. The molecule has 4 nitrogen and oxygen atoms in total. The Kier molecular flexibility index (Phi) is 4.79. The van der Waals surface area contributed by atoms with Gasteiger partial charge in [0, 0.05) is 24.2 Å². The van der Waals surface area contributed by atoms with Crippen LogP contribution in [0.4, 0.5) is 10.1 Å². The van der Waals surface area contributed by atoms with E-state index in [-0.39, 0.29) is 5.02 Å². The number of para-hydroxylation sites is 1. The molecule has 0 N–H and O–H groups in total. The summed E-state index contributed by atoms with van der Waals surface area (Å²) in [5.74, 6) is -0.962. The standard InChI is InChI=1S/C21H20ClFN2O2/c1-27-21(26)20-19(24-12-6-3-7-13-24)17-16(11-10-15(23)18(17)22)25(20)14-8-4-2-5-9-14/h2,4-5,8-11H,3,6-7,12-13H2,1H3. The number of anilines is 1. The second-order valence-corrected chi connectivity index (χ2v) is 7.04. The number of carbonyl (C=O) groups excluding carboxylic acids is 1. The molecule has 0 radical (unpaired) electrons. The van der Waals surface area contributed by atoms with Crippen LogP contribution in [-0.4, -0.2) is 30.7 Å². The lowest BCUT2D eigenvalue weighted by molar-refractivity contribution is 0.0592. The molecular formula is C21H20ClFN2O2. The number of fused-ring (bicyclic) bond motifs is 1. The molecule has 140 valence electrons. The van der Waals surface area contributed by atoms with E-state index in [1.165, 1.54) is 13.2 Å². The summed E-state index contributed by atoms with van der Waals surface area (Å²) in [5, 5.41) is 0.593. The second kappa shape index (κ2) is 7.24. The minimum atomic E-state index is -0.496. The van der Waals surface area contributed by atoms with E-state index in [1.807, 2.05) is 34.9 Å². The van der Waals surface area contributed by atoms with Crippen molar-refractivity contribution in [2.45, 2.75) is 19.3 Å². The van der Waals surface area contributed by atoms with Crippen LogP contribution in [0.5, 0.6) is 0 Å².